The van der Waals surface area contributed by atoms with Crippen LogP contribution in [0.5, 0.6) is 5.75 Å². The number of carbonyl (C=O) groups excluding carboxylic acids is 2. The van der Waals surface area contributed by atoms with Crippen LogP contribution in [0.4, 0.5) is 5.69 Å². The van der Waals surface area contributed by atoms with Crippen LogP contribution < -0.4 is 15.0 Å². The zero-order valence-corrected chi connectivity index (χ0v) is 12.3. The highest BCUT2D eigenvalue weighted by Gasteiger charge is 2.45. The molecule has 1 N–H and O–H groups in total. The van der Waals surface area contributed by atoms with Crippen molar-refractivity contribution in [3.05, 3.63) is 24.3 Å². The van der Waals surface area contributed by atoms with Gasteiger partial charge in [-0.05, 0) is 44.5 Å². The monoisotopic (exact) mass is 276 g/mol. The molecule has 0 aromatic heterocycles. The molecule has 1 aliphatic heterocycles. The van der Waals surface area contributed by atoms with E-state index in [1.807, 2.05) is 6.92 Å². The van der Waals surface area contributed by atoms with Crippen LogP contribution in [0.25, 0.3) is 0 Å². The molecule has 0 bridgehead atoms. The number of piperazine rings is 1. The van der Waals surface area contributed by atoms with Gasteiger partial charge in [0, 0.05) is 5.69 Å². The summed E-state index contributed by atoms with van der Waals surface area (Å²) in [7, 11) is 1.59. The molecule has 1 aliphatic rings. The first-order chi connectivity index (χ1) is 9.40. The molecule has 108 valence electrons. The van der Waals surface area contributed by atoms with E-state index in [9.17, 15) is 9.59 Å². The molecule has 5 heteroatoms. The van der Waals surface area contributed by atoms with Crippen molar-refractivity contribution in [1.29, 1.82) is 0 Å². The van der Waals surface area contributed by atoms with Gasteiger partial charge in [0.2, 0.25) is 5.91 Å². The molecule has 1 heterocycles. The van der Waals surface area contributed by atoms with E-state index < -0.39 is 11.6 Å². The molecule has 0 aliphatic carbocycles. The van der Waals surface area contributed by atoms with Gasteiger partial charge in [0.05, 0.1) is 7.11 Å². The van der Waals surface area contributed by atoms with Crippen molar-refractivity contribution < 1.29 is 14.3 Å². The van der Waals surface area contributed by atoms with Gasteiger partial charge in [-0.1, -0.05) is 6.92 Å². The van der Waals surface area contributed by atoms with Crippen LogP contribution in [-0.2, 0) is 9.59 Å². The van der Waals surface area contributed by atoms with E-state index in [1.54, 1.807) is 50.1 Å². The lowest BCUT2D eigenvalue weighted by molar-refractivity contribution is -0.137. The fraction of sp³-hybridized carbons (Fsp3) is 0.467. The predicted molar refractivity (Wildman–Crippen MR) is 76.8 cm³/mol. The average molecular weight is 276 g/mol. The molecule has 2 rings (SSSR count). The van der Waals surface area contributed by atoms with Gasteiger partial charge in [0.1, 0.15) is 17.3 Å². The number of benzene rings is 1. The second kappa shape index (κ2) is 5.15. The fourth-order valence-corrected chi connectivity index (χ4v) is 2.41. The van der Waals surface area contributed by atoms with Crippen LogP contribution in [-0.4, -0.2) is 30.5 Å². The average Bonchev–Trinajstić information content (AvgIpc) is 2.42. The van der Waals surface area contributed by atoms with Gasteiger partial charge >= 0.3 is 0 Å². The maximum absolute atomic E-state index is 12.6. The second-order valence-electron chi connectivity index (χ2n) is 5.41. The van der Waals surface area contributed by atoms with Gasteiger partial charge in [-0.25, -0.2) is 0 Å². The molecule has 0 spiro atoms. The molecule has 5 nitrogen and oxygen atoms in total. The SMILES string of the molecule is CCC1C(=O)NC(C)(C)C(=O)N1c1ccc(OC)cc1. The lowest BCUT2D eigenvalue weighted by Gasteiger charge is -2.42. The Kier molecular flexibility index (Phi) is 3.70. The summed E-state index contributed by atoms with van der Waals surface area (Å²) in [6.45, 7) is 5.33. The number of rotatable bonds is 3. The topological polar surface area (TPSA) is 58.6 Å². The maximum Gasteiger partial charge on any atom is 0.252 e. The number of carbonyl (C=O) groups is 2. The smallest absolute Gasteiger partial charge is 0.252 e. The third-order valence-electron chi connectivity index (χ3n) is 3.54. The highest BCUT2D eigenvalue weighted by Crippen LogP contribution is 2.28. The Morgan fingerprint density at radius 3 is 2.35 bits per heavy atom. The minimum Gasteiger partial charge on any atom is -0.497 e. The quantitative estimate of drug-likeness (QED) is 0.914. The van der Waals surface area contributed by atoms with Crippen LogP contribution in [0.15, 0.2) is 24.3 Å². The van der Waals surface area contributed by atoms with Crippen molar-refractivity contribution in [3.8, 4) is 5.75 Å². The van der Waals surface area contributed by atoms with Crippen LogP contribution in [0.3, 0.4) is 0 Å². The summed E-state index contributed by atoms with van der Waals surface area (Å²) >= 11 is 0. The van der Waals surface area contributed by atoms with Crippen molar-refractivity contribution in [2.24, 2.45) is 0 Å². The zero-order valence-electron chi connectivity index (χ0n) is 12.3. The minimum atomic E-state index is -0.886. The number of hydrogen-bond donors (Lipinski definition) is 1. The second-order valence-corrected chi connectivity index (χ2v) is 5.41. The van der Waals surface area contributed by atoms with Crippen molar-refractivity contribution >= 4 is 17.5 Å². The molecule has 1 atom stereocenters. The summed E-state index contributed by atoms with van der Waals surface area (Å²) in [5, 5.41) is 2.77. The first-order valence-electron chi connectivity index (χ1n) is 6.70. The van der Waals surface area contributed by atoms with E-state index in [0.29, 0.717) is 12.1 Å². The Balaban J connectivity index is 2.42. The van der Waals surface area contributed by atoms with Gasteiger partial charge in [-0.3, -0.25) is 14.5 Å². The molecule has 2 amide bonds. The molecule has 1 saturated heterocycles. The van der Waals surface area contributed by atoms with Crippen LogP contribution in [0.1, 0.15) is 27.2 Å². The Morgan fingerprint density at radius 1 is 1.25 bits per heavy atom. The Labute approximate surface area is 118 Å². The summed E-state index contributed by atoms with van der Waals surface area (Å²) in [4.78, 5) is 26.3. The summed E-state index contributed by atoms with van der Waals surface area (Å²) in [5.41, 5.74) is -0.173. The molecule has 1 aromatic rings. The van der Waals surface area contributed by atoms with E-state index in [2.05, 4.69) is 5.32 Å². The van der Waals surface area contributed by atoms with E-state index in [0.717, 1.165) is 5.75 Å². The summed E-state index contributed by atoms with van der Waals surface area (Å²) in [6, 6.07) is 6.70. The first kappa shape index (κ1) is 14.4. The van der Waals surface area contributed by atoms with Crippen molar-refractivity contribution in [2.45, 2.75) is 38.8 Å². The van der Waals surface area contributed by atoms with E-state index in [4.69, 9.17) is 4.74 Å². The fourth-order valence-electron chi connectivity index (χ4n) is 2.41. The van der Waals surface area contributed by atoms with Crippen LogP contribution >= 0.6 is 0 Å². The first-order valence-corrected chi connectivity index (χ1v) is 6.70. The lowest BCUT2D eigenvalue weighted by atomic mass is 9.95. The van der Waals surface area contributed by atoms with Gasteiger partial charge in [0.15, 0.2) is 0 Å². The number of methoxy groups -OCH3 is 1. The third kappa shape index (κ3) is 2.35. The number of anilines is 1. The number of nitrogens with one attached hydrogen (secondary N) is 1. The normalized spacial score (nSPS) is 21.6. The standard InChI is InChI=1S/C15H20N2O3/c1-5-12-13(18)16-15(2,3)14(19)17(12)10-6-8-11(20-4)9-7-10/h6-9,12H,5H2,1-4H3,(H,16,18). The number of amides is 2. The highest BCUT2D eigenvalue weighted by molar-refractivity contribution is 6.10. The van der Waals surface area contributed by atoms with Gasteiger partial charge in [-0.2, -0.15) is 0 Å². The molecular formula is C15H20N2O3. The highest BCUT2D eigenvalue weighted by atomic mass is 16.5. The van der Waals surface area contributed by atoms with E-state index in [1.165, 1.54) is 0 Å². The van der Waals surface area contributed by atoms with Crippen molar-refractivity contribution in [1.82, 2.24) is 5.32 Å². The maximum atomic E-state index is 12.6. The summed E-state index contributed by atoms with van der Waals surface area (Å²) in [5.74, 6) is 0.497. The molecule has 1 aromatic carbocycles. The molecule has 1 fully saturated rings. The summed E-state index contributed by atoms with van der Waals surface area (Å²) < 4.78 is 5.12. The number of hydrogen-bond acceptors (Lipinski definition) is 3. The van der Waals surface area contributed by atoms with Gasteiger partial charge < -0.3 is 10.1 Å². The summed E-state index contributed by atoms with van der Waals surface area (Å²) in [6.07, 6.45) is 0.569. The molecule has 1 unspecified atom stereocenters. The van der Waals surface area contributed by atoms with Crippen molar-refractivity contribution in [2.75, 3.05) is 12.0 Å². The minimum absolute atomic E-state index is 0.103. The Morgan fingerprint density at radius 2 is 1.85 bits per heavy atom. The predicted octanol–water partition coefficient (Wildman–Crippen LogP) is 1.72. The Hall–Kier alpha value is -2.04. The largest absolute Gasteiger partial charge is 0.497 e. The van der Waals surface area contributed by atoms with E-state index >= 15 is 0 Å². The number of ether oxygens (including phenoxy) is 1. The third-order valence-corrected chi connectivity index (χ3v) is 3.54. The number of nitrogens with zero attached hydrogens (tertiary/aromatic N) is 1. The zero-order chi connectivity index (χ0) is 14.9. The Bertz CT molecular complexity index is 522. The van der Waals surface area contributed by atoms with Crippen LogP contribution in [0.2, 0.25) is 0 Å². The molecule has 20 heavy (non-hydrogen) atoms. The van der Waals surface area contributed by atoms with Crippen LogP contribution in [0, 0.1) is 0 Å². The lowest BCUT2D eigenvalue weighted by Crippen LogP contribution is -2.68. The molecule has 0 saturated carbocycles. The molecule has 0 radical (unpaired) electrons. The van der Waals surface area contributed by atoms with Crippen molar-refractivity contribution in [3.63, 3.8) is 0 Å². The van der Waals surface area contributed by atoms with E-state index in [-0.39, 0.29) is 11.8 Å². The van der Waals surface area contributed by atoms with Gasteiger partial charge in [-0.15, -0.1) is 0 Å². The van der Waals surface area contributed by atoms with Gasteiger partial charge in [0.25, 0.3) is 5.91 Å². The molecular weight excluding hydrogens is 256 g/mol.